The summed E-state index contributed by atoms with van der Waals surface area (Å²) in [5.41, 5.74) is -1.08. The van der Waals surface area contributed by atoms with Gasteiger partial charge in [0, 0.05) is 6.20 Å². The molecule has 0 unspecified atom stereocenters. The maximum Gasteiger partial charge on any atom is 0.325 e. The SMILES string of the molecule is COC(=O)CSc1c[nH]c(=O)[nH]c1=O. The molecule has 0 aliphatic heterocycles. The van der Waals surface area contributed by atoms with E-state index >= 15 is 0 Å². The van der Waals surface area contributed by atoms with Crippen molar-refractivity contribution >= 4 is 17.7 Å². The fourth-order valence-corrected chi connectivity index (χ4v) is 1.42. The number of aromatic nitrogens is 2. The zero-order valence-electron chi connectivity index (χ0n) is 7.33. The van der Waals surface area contributed by atoms with Crippen molar-refractivity contribution in [1.82, 2.24) is 9.97 Å². The number of esters is 1. The maximum absolute atomic E-state index is 11.1. The smallest absolute Gasteiger partial charge is 0.325 e. The molecule has 0 saturated carbocycles. The molecule has 2 N–H and O–H groups in total. The molecule has 0 amide bonds. The van der Waals surface area contributed by atoms with E-state index in [0.29, 0.717) is 0 Å². The van der Waals surface area contributed by atoms with Crippen LogP contribution in [0.2, 0.25) is 0 Å². The van der Waals surface area contributed by atoms with Crippen molar-refractivity contribution < 1.29 is 9.53 Å². The van der Waals surface area contributed by atoms with E-state index in [2.05, 4.69) is 9.72 Å². The van der Waals surface area contributed by atoms with Gasteiger partial charge in [0.05, 0.1) is 17.8 Å². The van der Waals surface area contributed by atoms with Gasteiger partial charge in [-0.05, 0) is 0 Å². The molecule has 0 saturated heterocycles. The fraction of sp³-hybridized carbons (Fsp3) is 0.286. The number of ether oxygens (including phenoxy) is 1. The zero-order chi connectivity index (χ0) is 10.6. The fourth-order valence-electron chi connectivity index (χ4n) is 0.700. The van der Waals surface area contributed by atoms with Crippen molar-refractivity contribution in [2.75, 3.05) is 12.9 Å². The molecule has 0 spiro atoms. The van der Waals surface area contributed by atoms with Crippen LogP contribution in [-0.2, 0) is 9.53 Å². The number of rotatable bonds is 3. The number of carbonyl (C=O) groups is 1. The van der Waals surface area contributed by atoms with E-state index in [1.54, 1.807) is 0 Å². The van der Waals surface area contributed by atoms with Gasteiger partial charge < -0.3 is 9.72 Å². The average molecular weight is 216 g/mol. The first kappa shape index (κ1) is 10.6. The van der Waals surface area contributed by atoms with Crippen LogP contribution in [-0.4, -0.2) is 28.8 Å². The quantitative estimate of drug-likeness (QED) is 0.516. The van der Waals surface area contributed by atoms with Crippen molar-refractivity contribution in [3.05, 3.63) is 27.0 Å². The lowest BCUT2D eigenvalue weighted by Gasteiger charge is -1.97. The molecular formula is C7H8N2O4S. The molecule has 0 atom stereocenters. The van der Waals surface area contributed by atoms with Crippen molar-refractivity contribution in [3.8, 4) is 0 Å². The van der Waals surface area contributed by atoms with Crippen molar-refractivity contribution in [2.45, 2.75) is 4.90 Å². The largest absolute Gasteiger partial charge is 0.468 e. The van der Waals surface area contributed by atoms with E-state index in [1.807, 2.05) is 4.98 Å². The molecule has 0 radical (unpaired) electrons. The topological polar surface area (TPSA) is 92.0 Å². The predicted molar refractivity (Wildman–Crippen MR) is 50.4 cm³/mol. The van der Waals surface area contributed by atoms with Gasteiger partial charge in [-0.1, -0.05) is 0 Å². The number of H-pyrrole nitrogens is 2. The van der Waals surface area contributed by atoms with Gasteiger partial charge in [-0.2, -0.15) is 0 Å². The molecule has 0 aromatic carbocycles. The molecular weight excluding hydrogens is 208 g/mol. The molecule has 0 aliphatic carbocycles. The van der Waals surface area contributed by atoms with Gasteiger partial charge in [0.1, 0.15) is 0 Å². The number of methoxy groups -OCH3 is 1. The summed E-state index contributed by atoms with van der Waals surface area (Å²) in [6, 6.07) is 0. The summed E-state index contributed by atoms with van der Waals surface area (Å²) in [5, 5.41) is 0. The molecule has 1 aromatic heterocycles. The highest BCUT2D eigenvalue weighted by Crippen LogP contribution is 2.10. The first-order valence-corrected chi connectivity index (χ1v) is 4.63. The average Bonchev–Trinajstić information content (AvgIpc) is 2.16. The maximum atomic E-state index is 11.1. The minimum atomic E-state index is -0.572. The van der Waals surface area contributed by atoms with Gasteiger partial charge in [0.2, 0.25) is 0 Å². The zero-order valence-corrected chi connectivity index (χ0v) is 8.14. The summed E-state index contributed by atoms with van der Waals surface area (Å²) in [5.74, 6) is -0.397. The van der Waals surface area contributed by atoms with Crippen LogP contribution < -0.4 is 11.2 Å². The Morgan fingerprint density at radius 1 is 1.57 bits per heavy atom. The van der Waals surface area contributed by atoms with E-state index in [9.17, 15) is 14.4 Å². The minimum Gasteiger partial charge on any atom is -0.468 e. The predicted octanol–water partition coefficient (Wildman–Crippen LogP) is -0.672. The first-order valence-electron chi connectivity index (χ1n) is 3.65. The Labute approximate surface area is 82.7 Å². The second kappa shape index (κ2) is 4.66. The number of nitrogens with one attached hydrogen (secondary N) is 2. The molecule has 1 aromatic rings. The van der Waals surface area contributed by atoms with Crippen LogP contribution in [0.15, 0.2) is 20.7 Å². The first-order chi connectivity index (χ1) is 6.63. The van der Waals surface area contributed by atoms with Crippen LogP contribution in [0.1, 0.15) is 0 Å². The highest BCUT2D eigenvalue weighted by atomic mass is 32.2. The molecule has 7 heteroatoms. The van der Waals surface area contributed by atoms with Gasteiger partial charge >= 0.3 is 11.7 Å². The monoisotopic (exact) mass is 216 g/mol. The molecule has 0 aliphatic rings. The van der Waals surface area contributed by atoms with Gasteiger partial charge in [-0.15, -0.1) is 11.8 Å². The van der Waals surface area contributed by atoms with Gasteiger partial charge in [-0.3, -0.25) is 14.6 Å². The van der Waals surface area contributed by atoms with E-state index < -0.39 is 17.2 Å². The van der Waals surface area contributed by atoms with E-state index in [-0.39, 0.29) is 10.6 Å². The number of aromatic amines is 2. The second-order valence-electron chi connectivity index (χ2n) is 2.30. The lowest BCUT2D eigenvalue weighted by atomic mass is 10.7. The van der Waals surface area contributed by atoms with Crippen LogP contribution in [0.4, 0.5) is 0 Å². The summed E-state index contributed by atoms with van der Waals surface area (Å²) in [6.07, 6.45) is 1.26. The standard InChI is InChI=1S/C7H8N2O4S/c1-13-5(10)3-14-4-2-8-7(12)9-6(4)11/h2H,3H2,1H3,(H2,8,9,11,12). The number of hydrogen-bond acceptors (Lipinski definition) is 5. The van der Waals surface area contributed by atoms with Gasteiger partial charge in [0.15, 0.2) is 0 Å². The summed E-state index contributed by atoms with van der Waals surface area (Å²) in [4.78, 5) is 37.1. The number of thioether (sulfide) groups is 1. The van der Waals surface area contributed by atoms with Crippen molar-refractivity contribution in [3.63, 3.8) is 0 Å². The molecule has 0 fully saturated rings. The Bertz CT molecular complexity index is 436. The highest BCUT2D eigenvalue weighted by molar-refractivity contribution is 8.00. The molecule has 1 rings (SSSR count). The van der Waals surface area contributed by atoms with Crippen LogP contribution in [0.3, 0.4) is 0 Å². The van der Waals surface area contributed by atoms with E-state index in [0.717, 1.165) is 11.8 Å². The third-order valence-electron chi connectivity index (χ3n) is 1.36. The summed E-state index contributed by atoms with van der Waals surface area (Å²) >= 11 is 1.000. The molecule has 1 heterocycles. The number of carbonyl (C=O) groups excluding carboxylic acids is 1. The van der Waals surface area contributed by atoms with Gasteiger partial charge in [0.25, 0.3) is 5.56 Å². The Hall–Kier alpha value is -1.50. The Morgan fingerprint density at radius 2 is 2.29 bits per heavy atom. The van der Waals surface area contributed by atoms with Crippen LogP contribution >= 0.6 is 11.8 Å². The molecule has 14 heavy (non-hydrogen) atoms. The lowest BCUT2D eigenvalue weighted by Crippen LogP contribution is -2.22. The second-order valence-corrected chi connectivity index (χ2v) is 3.32. The van der Waals surface area contributed by atoms with E-state index in [4.69, 9.17) is 0 Å². The summed E-state index contributed by atoms with van der Waals surface area (Å²) < 4.78 is 4.39. The van der Waals surface area contributed by atoms with Crippen molar-refractivity contribution in [2.24, 2.45) is 0 Å². The lowest BCUT2D eigenvalue weighted by molar-refractivity contribution is -0.137. The third-order valence-corrected chi connectivity index (χ3v) is 2.35. The number of hydrogen-bond donors (Lipinski definition) is 2. The summed E-state index contributed by atoms with van der Waals surface area (Å²) in [7, 11) is 1.26. The van der Waals surface area contributed by atoms with Crippen LogP contribution in [0, 0.1) is 0 Å². The molecule has 6 nitrogen and oxygen atoms in total. The van der Waals surface area contributed by atoms with E-state index in [1.165, 1.54) is 13.3 Å². The highest BCUT2D eigenvalue weighted by Gasteiger charge is 2.05. The Kier molecular flexibility index (Phi) is 3.52. The van der Waals surface area contributed by atoms with Crippen LogP contribution in [0.5, 0.6) is 0 Å². The molecule has 76 valence electrons. The minimum absolute atomic E-state index is 0.0334. The Balaban J connectivity index is 2.73. The summed E-state index contributed by atoms with van der Waals surface area (Å²) in [6.45, 7) is 0. The molecule has 0 bridgehead atoms. The third kappa shape index (κ3) is 2.77. The van der Waals surface area contributed by atoms with Gasteiger partial charge in [-0.25, -0.2) is 4.79 Å². The Morgan fingerprint density at radius 3 is 2.86 bits per heavy atom. The van der Waals surface area contributed by atoms with Crippen molar-refractivity contribution in [1.29, 1.82) is 0 Å². The normalized spacial score (nSPS) is 9.79. The van der Waals surface area contributed by atoms with Crippen LogP contribution in [0.25, 0.3) is 0 Å².